The number of ether oxygens (including phenoxy) is 1. The Kier molecular flexibility index (Phi) is 6.11. The molecule has 0 aromatic heterocycles. The second-order valence-corrected chi connectivity index (χ2v) is 5.83. The number of carbonyl (C=O) groups is 2. The number of hydrogen-bond donors (Lipinski definition) is 2. The summed E-state index contributed by atoms with van der Waals surface area (Å²) in [7, 11) is 0. The highest BCUT2D eigenvalue weighted by molar-refractivity contribution is 5.90. The van der Waals surface area contributed by atoms with Crippen molar-refractivity contribution >= 4 is 17.5 Å². The highest BCUT2D eigenvalue weighted by atomic mass is 19.1. The molecule has 2 N–H and O–H groups in total. The van der Waals surface area contributed by atoms with E-state index in [1.54, 1.807) is 31.2 Å². The van der Waals surface area contributed by atoms with Crippen molar-refractivity contribution < 1.29 is 18.7 Å². The molecule has 0 unspecified atom stereocenters. The summed E-state index contributed by atoms with van der Waals surface area (Å²) in [6.07, 6.45) is 0. The van der Waals surface area contributed by atoms with Gasteiger partial charge >= 0.3 is 0 Å². The van der Waals surface area contributed by atoms with Gasteiger partial charge in [-0.1, -0.05) is 18.2 Å². The summed E-state index contributed by atoms with van der Waals surface area (Å²) in [4.78, 5) is 23.2. The average molecular weight is 344 g/mol. The lowest BCUT2D eigenvalue weighted by atomic mass is 10.1. The van der Waals surface area contributed by atoms with E-state index < -0.39 is 0 Å². The molecule has 132 valence electrons. The maximum absolute atomic E-state index is 13.5. The first kappa shape index (κ1) is 18.4. The number of hydrogen-bond acceptors (Lipinski definition) is 3. The lowest BCUT2D eigenvalue weighted by Crippen LogP contribution is -2.28. The molecular formula is C19H21FN2O3. The SMILES string of the molecule is CC(=O)Nc1ccc(C)cc1OCC(=O)NCc1ccc(C)c(F)c1. The molecule has 2 amide bonds. The van der Waals surface area contributed by atoms with Crippen LogP contribution in [0.1, 0.15) is 23.6 Å². The second kappa shape index (κ2) is 8.28. The van der Waals surface area contributed by atoms with Crippen LogP contribution in [0.25, 0.3) is 0 Å². The van der Waals surface area contributed by atoms with Crippen LogP contribution in [0.3, 0.4) is 0 Å². The van der Waals surface area contributed by atoms with E-state index in [0.29, 0.717) is 22.6 Å². The molecule has 0 aliphatic carbocycles. The van der Waals surface area contributed by atoms with Crippen LogP contribution in [0.2, 0.25) is 0 Å². The molecule has 0 saturated heterocycles. The minimum absolute atomic E-state index is 0.204. The van der Waals surface area contributed by atoms with Crippen LogP contribution in [-0.2, 0) is 16.1 Å². The van der Waals surface area contributed by atoms with Crippen LogP contribution in [0.4, 0.5) is 10.1 Å². The summed E-state index contributed by atoms with van der Waals surface area (Å²) in [6.45, 7) is 4.98. The van der Waals surface area contributed by atoms with Gasteiger partial charge in [0.15, 0.2) is 6.61 Å². The number of benzene rings is 2. The summed E-state index contributed by atoms with van der Waals surface area (Å²) in [6, 6.07) is 10.1. The molecule has 0 bridgehead atoms. The summed E-state index contributed by atoms with van der Waals surface area (Å²) >= 11 is 0. The Bertz CT molecular complexity index is 790. The van der Waals surface area contributed by atoms with Crippen molar-refractivity contribution in [3.8, 4) is 5.75 Å². The maximum atomic E-state index is 13.5. The fraction of sp³-hybridized carbons (Fsp3) is 0.263. The number of halogens is 1. The van der Waals surface area contributed by atoms with Gasteiger partial charge in [0.1, 0.15) is 11.6 Å². The van der Waals surface area contributed by atoms with Gasteiger partial charge in [0.05, 0.1) is 5.69 Å². The van der Waals surface area contributed by atoms with Gasteiger partial charge in [0.25, 0.3) is 5.91 Å². The van der Waals surface area contributed by atoms with E-state index in [-0.39, 0.29) is 30.8 Å². The van der Waals surface area contributed by atoms with Crippen molar-refractivity contribution in [1.29, 1.82) is 0 Å². The van der Waals surface area contributed by atoms with Gasteiger partial charge in [-0.3, -0.25) is 9.59 Å². The largest absolute Gasteiger partial charge is 0.482 e. The fourth-order valence-electron chi connectivity index (χ4n) is 2.18. The van der Waals surface area contributed by atoms with Gasteiger partial charge in [-0.2, -0.15) is 0 Å². The standard InChI is InChI=1S/C19H21FN2O3/c1-12-4-7-17(22-14(3)23)18(8-12)25-11-19(24)21-10-15-6-5-13(2)16(20)9-15/h4-9H,10-11H2,1-3H3,(H,21,24)(H,22,23). The van der Waals surface area contributed by atoms with Crippen LogP contribution in [0.15, 0.2) is 36.4 Å². The summed E-state index contributed by atoms with van der Waals surface area (Å²) in [5, 5.41) is 5.33. The number of rotatable bonds is 6. The topological polar surface area (TPSA) is 67.4 Å². The maximum Gasteiger partial charge on any atom is 0.258 e. The van der Waals surface area contributed by atoms with Crippen molar-refractivity contribution in [2.75, 3.05) is 11.9 Å². The molecule has 0 aliphatic heterocycles. The van der Waals surface area contributed by atoms with E-state index in [9.17, 15) is 14.0 Å². The third-order valence-corrected chi connectivity index (χ3v) is 3.53. The smallest absolute Gasteiger partial charge is 0.258 e. The fourth-order valence-corrected chi connectivity index (χ4v) is 2.18. The molecule has 5 nitrogen and oxygen atoms in total. The first-order chi connectivity index (χ1) is 11.8. The normalized spacial score (nSPS) is 10.2. The second-order valence-electron chi connectivity index (χ2n) is 5.83. The van der Waals surface area contributed by atoms with Gasteiger partial charge in [-0.15, -0.1) is 0 Å². The molecule has 0 spiro atoms. The van der Waals surface area contributed by atoms with Crippen molar-refractivity contribution in [2.45, 2.75) is 27.3 Å². The third kappa shape index (κ3) is 5.60. The number of carbonyl (C=O) groups excluding carboxylic acids is 2. The molecule has 0 saturated carbocycles. The minimum atomic E-state index is -0.337. The highest BCUT2D eigenvalue weighted by Crippen LogP contribution is 2.25. The van der Waals surface area contributed by atoms with Crippen LogP contribution in [-0.4, -0.2) is 18.4 Å². The average Bonchev–Trinajstić information content (AvgIpc) is 2.55. The van der Waals surface area contributed by atoms with Crippen molar-refractivity contribution in [3.05, 3.63) is 58.9 Å². The Morgan fingerprint density at radius 1 is 1.12 bits per heavy atom. The lowest BCUT2D eigenvalue weighted by Gasteiger charge is -2.13. The minimum Gasteiger partial charge on any atom is -0.482 e. The number of nitrogens with one attached hydrogen (secondary N) is 2. The predicted octanol–water partition coefficient (Wildman–Crippen LogP) is 3.10. The molecule has 2 aromatic rings. The van der Waals surface area contributed by atoms with E-state index in [1.165, 1.54) is 13.0 Å². The number of aryl methyl sites for hydroxylation is 2. The van der Waals surface area contributed by atoms with Crippen molar-refractivity contribution in [3.63, 3.8) is 0 Å². The Balaban J connectivity index is 1.92. The molecule has 2 rings (SSSR count). The van der Waals surface area contributed by atoms with E-state index >= 15 is 0 Å². The molecule has 0 heterocycles. The Morgan fingerprint density at radius 2 is 1.88 bits per heavy atom. The zero-order valence-corrected chi connectivity index (χ0v) is 14.5. The molecule has 0 atom stereocenters. The van der Waals surface area contributed by atoms with Crippen LogP contribution in [0, 0.1) is 19.7 Å². The first-order valence-corrected chi connectivity index (χ1v) is 7.88. The van der Waals surface area contributed by atoms with Gasteiger partial charge < -0.3 is 15.4 Å². The summed E-state index contributed by atoms with van der Waals surface area (Å²) in [5.41, 5.74) is 2.68. The third-order valence-electron chi connectivity index (χ3n) is 3.53. The molecule has 0 radical (unpaired) electrons. The van der Waals surface area contributed by atoms with E-state index in [0.717, 1.165) is 5.56 Å². The van der Waals surface area contributed by atoms with Crippen molar-refractivity contribution in [2.24, 2.45) is 0 Å². The Hall–Kier alpha value is -2.89. The molecule has 6 heteroatoms. The summed E-state index contributed by atoms with van der Waals surface area (Å²) < 4.78 is 19.0. The van der Waals surface area contributed by atoms with Crippen LogP contribution >= 0.6 is 0 Å². The van der Waals surface area contributed by atoms with E-state index in [1.807, 2.05) is 13.0 Å². The molecular weight excluding hydrogens is 323 g/mol. The summed E-state index contributed by atoms with van der Waals surface area (Å²) in [5.74, 6) is -0.440. The van der Waals surface area contributed by atoms with Gasteiger partial charge in [-0.25, -0.2) is 4.39 Å². The Morgan fingerprint density at radius 3 is 2.56 bits per heavy atom. The molecule has 0 aliphatic rings. The molecule has 2 aromatic carbocycles. The van der Waals surface area contributed by atoms with E-state index in [2.05, 4.69) is 10.6 Å². The van der Waals surface area contributed by atoms with Crippen LogP contribution < -0.4 is 15.4 Å². The van der Waals surface area contributed by atoms with Gasteiger partial charge in [-0.05, 0) is 48.7 Å². The number of anilines is 1. The first-order valence-electron chi connectivity index (χ1n) is 7.88. The zero-order valence-electron chi connectivity index (χ0n) is 14.5. The lowest BCUT2D eigenvalue weighted by molar-refractivity contribution is -0.123. The van der Waals surface area contributed by atoms with E-state index in [4.69, 9.17) is 4.74 Å². The highest BCUT2D eigenvalue weighted by Gasteiger charge is 2.09. The van der Waals surface area contributed by atoms with Gasteiger partial charge in [0, 0.05) is 13.5 Å². The quantitative estimate of drug-likeness (QED) is 0.846. The molecule has 0 fully saturated rings. The Labute approximate surface area is 146 Å². The van der Waals surface area contributed by atoms with Gasteiger partial charge in [0.2, 0.25) is 5.91 Å². The van der Waals surface area contributed by atoms with Crippen LogP contribution in [0.5, 0.6) is 5.75 Å². The monoisotopic (exact) mass is 344 g/mol. The molecule has 25 heavy (non-hydrogen) atoms. The number of amides is 2. The zero-order chi connectivity index (χ0) is 18.4. The predicted molar refractivity (Wildman–Crippen MR) is 94.0 cm³/mol. The van der Waals surface area contributed by atoms with Crippen molar-refractivity contribution in [1.82, 2.24) is 5.32 Å².